The molecule has 6 heteroatoms. The largest absolute Gasteiger partial charge is 0.491 e. The second kappa shape index (κ2) is 9.68. The van der Waals surface area contributed by atoms with E-state index in [1.807, 2.05) is 18.9 Å². The second-order valence-electron chi connectivity index (χ2n) is 4.81. The summed E-state index contributed by atoms with van der Waals surface area (Å²) in [5.74, 6) is 0.686. The summed E-state index contributed by atoms with van der Waals surface area (Å²) in [5, 5.41) is 9.93. The summed E-state index contributed by atoms with van der Waals surface area (Å²) in [6.07, 6.45) is -0.549. The molecule has 1 aromatic rings. The van der Waals surface area contributed by atoms with Gasteiger partial charge in [0.15, 0.2) is 0 Å². The number of hydrogen-bond acceptors (Lipinski definition) is 5. The molecule has 0 spiro atoms. The molecule has 0 radical (unpaired) electrons. The first-order chi connectivity index (χ1) is 10.0. The van der Waals surface area contributed by atoms with Gasteiger partial charge in [-0.2, -0.15) is 0 Å². The van der Waals surface area contributed by atoms with Gasteiger partial charge in [-0.3, -0.25) is 0 Å². The second-order valence-corrected chi connectivity index (χ2v) is 5.25. The molecule has 0 aliphatic heterocycles. The van der Waals surface area contributed by atoms with Gasteiger partial charge in [-0.15, -0.1) is 0 Å². The Morgan fingerprint density at radius 1 is 1.38 bits per heavy atom. The third-order valence-corrected chi connectivity index (χ3v) is 3.16. The third-order valence-electron chi connectivity index (χ3n) is 2.93. The van der Waals surface area contributed by atoms with Crippen molar-refractivity contribution in [2.75, 3.05) is 40.0 Å². The molecule has 0 aliphatic rings. The molecule has 0 bridgehead atoms. The van der Waals surface area contributed by atoms with Crippen LogP contribution in [-0.4, -0.2) is 61.1 Å². The molecule has 0 amide bonds. The maximum absolute atomic E-state index is 9.93. The van der Waals surface area contributed by atoms with Crippen molar-refractivity contribution in [2.45, 2.75) is 13.0 Å². The predicted octanol–water partition coefficient (Wildman–Crippen LogP) is 1.03. The molecule has 0 aromatic heterocycles. The Balaban J connectivity index is 2.28. The van der Waals surface area contributed by atoms with Gasteiger partial charge < -0.3 is 25.2 Å². The number of nitrogens with two attached hydrogens (primary N) is 1. The summed E-state index contributed by atoms with van der Waals surface area (Å²) < 4.78 is 10.8. The summed E-state index contributed by atoms with van der Waals surface area (Å²) >= 11 is 4.88. The third kappa shape index (κ3) is 7.38. The lowest BCUT2D eigenvalue weighted by atomic mass is 10.2. The van der Waals surface area contributed by atoms with Gasteiger partial charge in [-0.1, -0.05) is 12.2 Å². The Morgan fingerprint density at radius 2 is 2.05 bits per heavy atom. The van der Waals surface area contributed by atoms with Crippen LogP contribution >= 0.6 is 12.2 Å². The SMILES string of the molecule is CCOCCN(C)CC(O)COc1ccc(C(N)=S)cc1. The average molecular weight is 312 g/mol. The van der Waals surface area contributed by atoms with Crippen LogP contribution < -0.4 is 10.5 Å². The first kappa shape index (κ1) is 17.8. The van der Waals surface area contributed by atoms with Gasteiger partial charge in [-0.25, -0.2) is 0 Å². The van der Waals surface area contributed by atoms with Gasteiger partial charge in [0.2, 0.25) is 0 Å². The normalized spacial score (nSPS) is 12.4. The van der Waals surface area contributed by atoms with E-state index in [0.29, 0.717) is 30.5 Å². The Kier molecular flexibility index (Phi) is 8.22. The van der Waals surface area contributed by atoms with Gasteiger partial charge >= 0.3 is 0 Å². The van der Waals surface area contributed by atoms with Crippen molar-refractivity contribution in [1.82, 2.24) is 4.90 Å². The number of likely N-dealkylation sites (N-methyl/N-ethyl adjacent to an activating group) is 1. The maximum Gasteiger partial charge on any atom is 0.119 e. The first-order valence-electron chi connectivity index (χ1n) is 7.00. The molecule has 1 aromatic carbocycles. The van der Waals surface area contributed by atoms with E-state index in [1.165, 1.54) is 0 Å². The van der Waals surface area contributed by atoms with Gasteiger partial charge in [0.25, 0.3) is 0 Å². The minimum absolute atomic E-state index is 0.241. The zero-order valence-corrected chi connectivity index (χ0v) is 13.4. The van der Waals surface area contributed by atoms with Crippen LogP contribution in [0, 0.1) is 0 Å². The summed E-state index contributed by atoms with van der Waals surface area (Å²) in [4.78, 5) is 2.37. The number of hydrogen-bond donors (Lipinski definition) is 2. The van der Waals surface area contributed by atoms with Crippen LogP contribution in [0.3, 0.4) is 0 Å². The van der Waals surface area contributed by atoms with E-state index < -0.39 is 6.10 Å². The highest BCUT2D eigenvalue weighted by molar-refractivity contribution is 7.80. The topological polar surface area (TPSA) is 68.0 Å². The highest BCUT2D eigenvalue weighted by Gasteiger charge is 2.09. The fourth-order valence-corrected chi connectivity index (χ4v) is 1.91. The highest BCUT2D eigenvalue weighted by atomic mass is 32.1. The fourth-order valence-electron chi connectivity index (χ4n) is 1.78. The number of benzene rings is 1. The minimum Gasteiger partial charge on any atom is -0.491 e. The van der Waals surface area contributed by atoms with Crippen LogP contribution in [0.25, 0.3) is 0 Å². The Morgan fingerprint density at radius 3 is 2.62 bits per heavy atom. The van der Waals surface area contributed by atoms with Crippen molar-refractivity contribution in [1.29, 1.82) is 0 Å². The summed E-state index contributed by atoms with van der Waals surface area (Å²) in [6.45, 7) is 4.91. The first-order valence-corrected chi connectivity index (χ1v) is 7.40. The van der Waals surface area contributed by atoms with E-state index in [2.05, 4.69) is 0 Å². The molecule has 1 atom stereocenters. The number of aliphatic hydroxyl groups is 1. The molecular weight excluding hydrogens is 288 g/mol. The number of nitrogens with zero attached hydrogens (tertiary/aromatic N) is 1. The molecule has 1 unspecified atom stereocenters. The number of ether oxygens (including phenoxy) is 2. The highest BCUT2D eigenvalue weighted by Crippen LogP contribution is 2.12. The Labute approximate surface area is 131 Å². The molecule has 118 valence electrons. The van der Waals surface area contributed by atoms with Gasteiger partial charge in [0.1, 0.15) is 23.4 Å². The lowest BCUT2D eigenvalue weighted by Crippen LogP contribution is -2.35. The number of aliphatic hydroxyl groups excluding tert-OH is 1. The molecule has 0 saturated carbocycles. The van der Waals surface area contributed by atoms with E-state index in [9.17, 15) is 5.11 Å². The molecule has 1 rings (SSSR count). The van der Waals surface area contributed by atoms with Gasteiger partial charge in [0.05, 0.1) is 6.61 Å². The van der Waals surface area contributed by atoms with Crippen molar-refractivity contribution in [2.24, 2.45) is 5.73 Å². The Bertz CT molecular complexity index is 425. The van der Waals surface area contributed by atoms with Gasteiger partial charge in [0, 0.05) is 25.3 Å². The van der Waals surface area contributed by atoms with E-state index in [1.54, 1.807) is 24.3 Å². The van der Waals surface area contributed by atoms with Crippen molar-refractivity contribution in [3.63, 3.8) is 0 Å². The van der Waals surface area contributed by atoms with Crippen molar-refractivity contribution < 1.29 is 14.6 Å². The van der Waals surface area contributed by atoms with Crippen LogP contribution in [-0.2, 0) is 4.74 Å². The summed E-state index contributed by atoms with van der Waals surface area (Å²) in [5.41, 5.74) is 6.33. The standard InChI is InChI=1S/C15H24N2O3S/c1-3-19-9-8-17(2)10-13(18)11-20-14-6-4-12(5-7-14)15(16)21/h4-7,13,18H,3,8-11H2,1-2H3,(H2,16,21). The smallest absolute Gasteiger partial charge is 0.119 e. The fraction of sp³-hybridized carbons (Fsp3) is 0.533. The quantitative estimate of drug-likeness (QED) is 0.497. The van der Waals surface area contributed by atoms with Crippen LogP contribution in [0.2, 0.25) is 0 Å². The molecule has 0 aliphatic carbocycles. The molecule has 0 saturated heterocycles. The average Bonchev–Trinajstić information content (AvgIpc) is 2.46. The van der Waals surface area contributed by atoms with E-state index in [-0.39, 0.29) is 6.61 Å². The summed E-state index contributed by atoms with van der Waals surface area (Å²) in [7, 11) is 1.94. The lowest BCUT2D eigenvalue weighted by molar-refractivity contribution is 0.0613. The molecule has 0 fully saturated rings. The number of thiocarbonyl (C=S) groups is 1. The monoisotopic (exact) mass is 312 g/mol. The van der Waals surface area contributed by atoms with Crippen LogP contribution in [0.15, 0.2) is 24.3 Å². The number of rotatable bonds is 10. The van der Waals surface area contributed by atoms with E-state index in [4.69, 9.17) is 27.4 Å². The van der Waals surface area contributed by atoms with Gasteiger partial charge in [-0.05, 0) is 38.2 Å². The van der Waals surface area contributed by atoms with E-state index >= 15 is 0 Å². The van der Waals surface area contributed by atoms with Crippen molar-refractivity contribution in [3.8, 4) is 5.75 Å². The molecular formula is C15H24N2O3S. The van der Waals surface area contributed by atoms with E-state index in [0.717, 1.165) is 12.1 Å². The zero-order chi connectivity index (χ0) is 15.7. The zero-order valence-electron chi connectivity index (χ0n) is 12.6. The molecule has 5 nitrogen and oxygen atoms in total. The van der Waals surface area contributed by atoms with Crippen molar-refractivity contribution >= 4 is 17.2 Å². The molecule has 21 heavy (non-hydrogen) atoms. The molecule has 3 N–H and O–H groups in total. The maximum atomic E-state index is 9.93. The van der Waals surface area contributed by atoms with Crippen molar-refractivity contribution in [3.05, 3.63) is 29.8 Å². The Hall–Kier alpha value is -1.21. The molecule has 0 heterocycles. The predicted molar refractivity (Wildman–Crippen MR) is 87.8 cm³/mol. The van der Waals surface area contributed by atoms with Crippen LogP contribution in [0.4, 0.5) is 0 Å². The lowest BCUT2D eigenvalue weighted by Gasteiger charge is -2.20. The van der Waals surface area contributed by atoms with Crippen LogP contribution in [0.1, 0.15) is 12.5 Å². The minimum atomic E-state index is -0.549. The summed E-state index contributed by atoms with van der Waals surface area (Å²) in [6, 6.07) is 7.19. The van der Waals surface area contributed by atoms with Crippen LogP contribution in [0.5, 0.6) is 5.75 Å².